The van der Waals surface area contributed by atoms with Crippen LogP contribution in [0, 0.1) is 11.8 Å². The van der Waals surface area contributed by atoms with Crippen LogP contribution < -0.4 is 10.1 Å². The Balaban J connectivity index is 2.92. The summed E-state index contributed by atoms with van der Waals surface area (Å²) >= 11 is 11.9. The van der Waals surface area contributed by atoms with E-state index >= 15 is 0 Å². The summed E-state index contributed by atoms with van der Waals surface area (Å²) < 4.78 is 15.9. The molecule has 2 unspecified atom stereocenters. The van der Waals surface area contributed by atoms with E-state index in [9.17, 15) is 4.79 Å². The Labute approximate surface area is 152 Å². The lowest BCUT2D eigenvalue weighted by Crippen LogP contribution is -2.53. The predicted octanol–water partition coefficient (Wildman–Crippen LogP) is 2.93. The van der Waals surface area contributed by atoms with Crippen molar-refractivity contribution in [2.45, 2.75) is 25.5 Å². The van der Waals surface area contributed by atoms with Gasteiger partial charge >= 0.3 is 0 Å². The smallest absolute Gasteiger partial charge is 0.264 e. The molecule has 1 rings (SSSR count). The summed E-state index contributed by atoms with van der Waals surface area (Å²) in [5.74, 6) is 5.70. The fourth-order valence-electron chi connectivity index (χ4n) is 2.10. The summed E-state index contributed by atoms with van der Waals surface area (Å²) in [4.78, 5) is 12.6. The van der Waals surface area contributed by atoms with Crippen molar-refractivity contribution in [1.82, 2.24) is 5.32 Å². The van der Waals surface area contributed by atoms with Gasteiger partial charge < -0.3 is 19.5 Å². The number of ether oxygens (including phenoxy) is 3. The lowest BCUT2D eigenvalue weighted by molar-refractivity contribution is -0.132. The normalized spacial score (nSPS) is 14.1. The molecule has 0 aliphatic heterocycles. The zero-order valence-corrected chi connectivity index (χ0v) is 15.6. The van der Waals surface area contributed by atoms with Gasteiger partial charge in [0.25, 0.3) is 5.91 Å². The molecule has 0 saturated heterocycles. The van der Waals surface area contributed by atoms with Crippen molar-refractivity contribution in [3.8, 4) is 17.6 Å². The molecule has 0 fully saturated rings. The van der Waals surface area contributed by atoms with Crippen LogP contribution in [0.15, 0.2) is 18.2 Å². The van der Waals surface area contributed by atoms with Crippen LogP contribution in [0.4, 0.5) is 0 Å². The Hall–Kier alpha value is -1.45. The third-order valence-corrected chi connectivity index (χ3v) is 3.39. The largest absolute Gasteiger partial charge is 0.478 e. The van der Waals surface area contributed by atoms with Crippen molar-refractivity contribution in [1.29, 1.82) is 0 Å². The van der Waals surface area contributed by atoms with Crippen LogP contribution in [0.3, 0.4) is 0 Å². The fraction of sp³-hybridized carbons (Fsp3) is 0.471. The first-order valence-corrected chi connectivity index (χ1v) is 7.95. The van der Waals surface area contributed by atoms with Crippen molar-refractivity contribution in [2.75, 3.05) is 27.4 Å². The molecule has 5 nitrogen and oxygen atoms in total. The second kappa shape index (κ2) is 9.75. The van der Waals surface area contributed by atoms with Crippen LogP contribution in [0.1, 0.15) is 13.8 Å². The minimum absolute atomic E-state index is 0.0541. The standard InChI is InChI=1S/C17H21Cl2NO4/c1-5-6-17(2,11-23-4)20-16(21)15(10-22-3)24-14-8-12(18)7-13(19)9-14/h7-9,15H,10-11H2,1-4H3,(H,20,21). The van der Waals surface area contributed by atoms with Gasteiger partial charge in [0.2, 0.25) is 0 Å². The van der Waals surface area contributed by atoms with E-state index in [1.54, 1.807) is 39.2 Å². The van der Waals surface area contributed by atoms with Gasteiger partial charge in [-0.2, -0.15) is 0 Å². The summed E-state index contributed by atoms with van der Waals surface area (Å²) in [7, 11) is 3.02. The monoisotopic (exact) mass is 373 g/mol. The average Bonchev–Trinajstić information content (AvgIpc) is 2.46. The van der Waals surface area contributed by atoms with Crippen LogP contribution in [0.5, 0.6) is 5.75 Å². The molecule has 1 amide bonds. The molecule has 7 heteroatoms. The minimum Gasteiger partial charge on any atom is -0.478 e. The quantitative estimate of drug-likeness (QED) is 0.711. The molecule has 0 aliphatic rings. The number of hydrogen-bond acceptors (Lipinski definition) is 4. The number of halogens is 2. The number of amides is 1. The number of carbonyl (C=O) groups is 1. The number of rotatable bonds is 8. The van der Waals surface area contributed by atoms with Gasteiger partial charge in [0.05, 0.1) is 13.2 Å². The van der Waals surface area contributed by atoms with Crippen LogP contribution in [-0.2, 0) is 14.3 Å². The molecular weight excluding hydrogens is 353 g/mol. The maximum absolute atomic E-state index is 12.6. The molecule has 0 saturated carbocycles. The van der Waals surface area contributed by atoms with Crippen molar-refractivity contribution in [3.63, 3.8) is 0 Å². The Kier molecular flexibility index (Phi) is 8.37. The summed E-state index contributed by atoms with van der Waals surface area (Å²) in [6, 6.07) is 4.72. The van der Waals surface area contributed by atoms with Crippen molar-refractivity contribution < 1.29 is 19.0 Å². The van der Waals surface area contributed by atoms with Gasteiger partial charge in [0, 0.05) is 24.3 Å². The Bertz CT molecular complexity index is 607. The highest BCUT2D eigenvalue weighted by Crippen LogP contribution is 2.25. The van der Waals surface area contributed by atoms with E-state index in [0.717, 1.165) is 0 Å². The van der Waals surface area contributed by atoms with Crippen LogP contribution >= 0.6 is 23.2 Å². The predicted molar refractivity (Wildman–Crippen MR) is 94.6 cm³/mol. The molecule has 0 spiro atoms. The summed E-state index contributed by atoms with van der Waals surface area (Å²) in [5.41, 5.74) is -0.831. The van der Waals surface area contributed by atoms with E-state index in [2.05, 4.69) is 17.2 Å². The molecule has 1 N–H and O–H groups in total. The van der Waals surface area contributed by atoms with E-state index in [1.807, 2.05) is 0 Å². The van der Waals surface area contributed by atoms with E-state index in [-0.39, 0.29) is 19.1 Å². The van der Waals surface area contributed by atoms with Crippen LogP contribution in [0.2, 0.25) is 10.0 Å². The third-order valence-electron chi connectivity index (χ3n) is 2.96. The summed E-state index contributed by atoms with van der Waals surface area (Å²) in [6.07, 6.45) is -0.889. The maximum Gasteiger partial charge on any atom is 0.264 e. The molecule has 1 aromatic carbocycles. The summed E-state index contributed by atoms with van der Waals surface area (Å²) in [5, 5.41) is 3.65. The average molecular weight is 374 g/mol. The topological polar surface area (TPSA) is 56.8 Å². The zero-order valence-electron chi connectivity index (χ0n) is 14.1. The number of methoxy groups -OCH3 is 2. The van der Waals surface area contributed by atoms with Gasteiger partial charge in [-0.1, -0.05) is 29.1 Å². The Morgan fingerprint density at radius 3 is 2.38 bits per heavy atom. The minimum atomic E-state index is -0.889. The highest BCUT2D eigenvalue weighted by atomic mass is 35.5. The van der Waals surface area contributed by atoms with Crippen molar-refractivity contribution >= 4 is 29.1 Å². The van der Waals surface area contributed by atoms with Gasteiger partial charge in [-0.25, -0.2) is 0 Å². The Morgan fingerprint density at radius 2 is 1.88 bits per heavy atom. The second-order valence-corrected chi connectivity index (χ2v) is 6.17. The van der Waals surface area contributed by atoms with Gasteiger partial charge in [-0.15, -0.1) is 5.92 Å². The van der Waals surface area contributed by atoms with Crippen LogP contribution in [0.25, 0.3) is 0 Å². The number of carbonyl (C=O) groups excluding carboxylic acids is 1. The highest BCUT2D eigenvalue weighted by Gasteiger charge is 2.29. The van der Waals surface area contributed by atoms with Gasteiger partial charge in [0.1, 0.15) is 11.3 Å². The fourth-order valence-corrected chi connectivity index (χ4v) is 2.60. The number of benzene rings is 1. The molecular formula is C17H21Cl2NO4. The van der Waals surface area contributed by atoms with Gasteiger partial charge in [0.15, 0.2) is 6.10 Å². The number of nitrogens with one attached hydrogen (secondary N) is 1. The molecule has 1 aromatic rings. The lowest BCUT2D eigenvalue weighted by Gasteiger charge is -2.27. The first kappa shape index (κ1) is 20.6. The van der Waals surface area contributed by atoms with Gasteiger partial charge in [-0.05, 0) is 32.0 Å². The second-order valence-electron chi connectivity index (χ2n) is 5.30. The third kappa shape index (κ3) is 6.58. The highest BCUT2D eigenvalue weighted by molar-refractivity contribution is 6.34. The van der Waals surface area contributed by atoms with Crippen LogP contribution in [-0.4, -0.2) is 45.0 Å². The number of hydrogen-bond donors (Lipinski definition) is 1. The molecule has 24 heavy (non-hydrogen) atoms. The lowest BCUT2D eigenvalue weighted by atomic mass is 10.0. The first-order chi connectivity index (χ1) is 11.3. The molecule has 0 aromatic heterocycles. The van der Waals surface area contributed by atoms with E-state index < -0.39 is 11.6 Å². The molecule has 0 heterocycles. The van der Waals surface area contributed by atoms with Gasteiger partial charge in [-0.3, -0.25) is 4.79 Å². The van der Waals surface area contributed by atoms with E-state index in [0.29, 0.717) is 15.8 Å². The Morgan fingerprint density at radius 1 is 1.25 bits per heavy atom. The zero-order chi connectivity index (χ0) is 18.2. The first-order valence-electron chi connectivity index (χ1n) is 7.20. The maximum atomic E-state index is 12.6. The van der Waals surface area contributed by atoms with E-state index in [1.165, 1.54) is 7.11 Å². The molecule has 2 atom stereocenters. The van der Waals surface area contributed by atoms with Crippen molar-refractivity contribution in [2.24, 2.45) is 0 Å². The molecule has 0 bridgehead atoms. The van der Waals surface area contributed by atoms with E-state index in [4.69, 9.17) is 37.4 Å². The van der Waals surface area contributed by atoms with Crippen molar-refractivity contribution in [3.05, 3.63) is 28.2 Å². The molecule has 0 aliphatic carbocycles. The molecule has 132 valence electrons. The molecule has 0 radical (unpaired) electrons. The SMILES string of the molecule is CC#CC(C)(COC)NC(=O)C(COC)Oc1cc(Cl)cc(Cl)c1. The summed E-state index contributed by atoms with van der Waals surface area (Å²) in [6.45, 7) is 3.75.